The average molecular weight is 571 g/mol. The van der Waals surface area contributed by atoms with Gasteiger partial charge in [0.1, 0.15) is 16.6 Å². The summed E-state index contributed by atoms with van der Waals surface area (Å²) in [7, 11) is 0. The Labute approximate surface area is 235 Å². The lowest BCUT2D eigenvalue weighted by Crippen LogP contribution is -2.23. The number of carbonyl (C=O) groups is 1. The van der Waals surface area contributed by atoms with Crippen molar-refractivity contribution >= 4 is 55.8 Å². The van der Waals surface area contributed by atoms with Crippen LogP contribution in [0.1, 0.15) is 5.56 Å². The van der Waals surface area contributed by atoms with Gasteiger partial charge >= 0.3 is 0 Å². The average Bonchev–Trinajstić information content (AvgIpc) is 3.36. The monoisotopic (exact) mass is 570 g/mol. The van der Waals surface area contributed by atoms with Gasteiger partial charge in [-0.15, -0.1) is 11.3 Å². The van der Waals surface area contributed by atoms with Gasteiger partial charge in [0.2, 0.25) is 5.91 Å². The van der Waals surface area contributed by atoms with Crippen LogP contribution >= 0.6 is 23.1 Å². The highest BCUT2D eigenvalue weighted by Gasteiger charge is 2.18. The van der Waals surface area contributed by atoms with E-state index in [4.69, 9.17) is 4.98 Å². The molecule has 0 fully saturated rings. The predicted octanol–water partition coefficient (Wildman–Crippen LogP) is 6.98. The molecule has 6 nitrogen and oxygen atoms in total. The van der Waals surface area contributed by atoms with Gasteiger partial charge < -0.3 is 5.32 Å². The van der Waals surface area contributed by atoms with Gasteiger partial charge in [0, 0.05) is 17.3 Å². The maximum absolute atomic E-state index is 14.7. The molecule has 0 aliphatic carbocycles. The summed E-state index contributed by atoms with van der Waals surface area (Å²) in [5.41, 5.74) is 3.41. The smallest absolute Gasteiger partial charge is 0.266 e. The van der Waals surface area contributed by atoms with Crippen LogP contribution in [0.5, 0.6) is 0 Å². The zero-order valence-corrected chi connectivity index (χ0v) is 22.7. The van der Waals surface area contributed by atoms with Crippen molar-refractivity contribution in [1.82, 2.24) is 14.5 Å². The summed E-state index contributed by atoms with van der Waals surface area (Å²) in [5, 5.41) is 4.13. The number of hydrogen-bond acceptors (Lipinski definition) is 6. The number of benzene rings is 4. The van der Waals surface area contributed by atoms with Gasteiger partial charge in [-0.25, -0.2) is 18.7 Å². The molecule has 0 spiro atoms. The van der Waals surface area contributed by atoms with Gasteiger partial charge in [0.25, 0.3) is 5.56 Å². The second-order valence-electron chi connectivity index (χ2n) is 9.05. The Bertz CT molecular complexity index is 1970. The number of aryl methyl sites for hydroxylation is 1. The molecule has 6 rings (SSSR count). The minimum atomic E-state index is -0.908. The minimum absolute atomic E-state index is 0.0907. The topological polar surface area (TPSA) is 76.9 Å². The molecule has 4 aromatic carbocycles. The summed E-state index contributed by atoms with van der Waals surface area (Å²) in [5.74, 6) is -2.09. The molecule has 198 valence electrons. The molecule has 10 heteroatoms. The molecule has 2 heterocycles. The standard InChI is InChI=1S/C30H20F2N4O2S2/c1-17-6-12-24-26(14-17)40-28(34-24)18-7-10-20(11-8-18)33-27(37)16-39-30-35-23-5-3-2-4-21(23)29(38)36(30)25-13-9-19(31)15-22(25)32/h2-15H,16H2,1H3,(H,33,37). The van der Waals surface area contributed by atoms with E-state index in [0.717, 1.165) is 43.2 Å². The molecule has 6 aromatic rings. The highest BCUT2D eigenvalue weighted by Crippen LogP contribution is 2.31. The first-order valence-corrected chi connectivity index (χ1v) is 14.0. The summed E-state index contributed by atoms with van der Waals surface area (Å²) in [6.07, 6.45) is 0. The number of para-hydroxylation sites is 1. The highest BCUT2D eigenvalue weighted by molar-refractivity contribution is 7.99. The third-order valence-corrected chi connectivity index (χ3v) is 8.19. The number of fused-ring (bicyclic) bond motifs is 2. The molecule has 1 amide bonds. The Morgan fingerprint density at radius 3 is 2.55 bits per heavy atom. The molecular weight excluding hydrogens is 550 g/mol. The van der Waals surface area contributed by atoms with Crippen LogP contribution in [-0.4, -0.2) is 26.2 Å². The van der Waals surface area contributed by atoms with Crippen molar-refractivity contribution in [3.8, 4) is 16.3 Å². The molecule has 0 aliphatic heterocycles. The lowest BCUT2D eigenvalue weighted by Gasteiger charge is -2.14. The Kier molecular flexibility index (Phi) is 6.87. The van der Waals surface area contributed by atoms with Crippen LogP contribution in [0.2, 0.25) is 0 Å². The number of aromatic nitrogens is 3. The summed E-state index contributed by atoms with van der Waals surface area (Å²) < 4.78 is 30.4. The van der Waals surface area contributed by atoms with Crippen molar-refractivity contribution in [3.05, 3.63) is 112 Å². The summed E-state index contributed by atoms with van der Waals surface area (Å²) in [6.45, 7) is 2.05. The molecule has 0 unspecified atom stereocenters. The van der Waals surface area contributed by atoms with E-state index in [2.05, 4.69) is 16.4 Å². The lowest BCUT2D eigenvalue weighted by atomic mass is 10.2. The predicted molar refractivity (Wildman–Crippen MR) is 156 cm³/mol. The third-order valence-electron chi connectivity index (χ3n) is 6.19. The number of anilines is 1. The highest BCUT2D eigenvalue weighted by atomic mass is 32.2. The van der Waals surface area contributed by atoms with Crippen LogP contribution in [0.4, 0.5) is 14.5 Å². The normalized spacial score (nSPS) is 11.3. The number of nitrogens with zero attached hydrogens (tertiary/aromatic N) is 3. The van der Waals surface area contributed by atoms with Gasteiger partial charge in [-0.2, -0.15) is 0 Å². The lowest BCUT2D eigenvalue weighted by molar-refractivity contribution is -0.113. The first-order chi connectivity index (χ1) is 19.4. The second kappa shape index (κ2) is 10.6. The van der Waals surface area contributed by atoms with Crippen molar-refractivity contribution in [2.45, 2.75) is 12.1 Å². The van der Waals surface area contributed by atoms with Crippen LogP contribution in [0.25, 0.3) is 37.4 Å². The van der Waals surface area contributed by atoms with Gasteiger partial charge in [0.05, 0.1) is 32.6 Å². The van der Waals surface area contributed by atoms with E-state index in [1.165, 1.54) is 11.6 Å². The molecule has 2 aromatic heterocycles. The van der Waals surface area contributed by atoms with Crippen LogP contribution in [0.3, 0.4) is 0 Å². The van der Waals surface area contributed by atoms with Crippen molar-refractivity contribution in [2.24, 2.45) is 0 Å². The van der Waals surface area contributed by atoms with E-state index in [0.29, 0.717) is 17.3 Å². The van der Waals surface area contributed by atoms with E-state index < -0.39 is 17.2 Å². The zero-order valence-electron chi connectivity index (χ0n) is 21.0. The number of amides is 1. The van der Waals surface area contributed by atoms with E-state index in [-0.39, 0.29) is 27.9 Å². The minimum Gasteiger partial charge on any atom is -0.325 e. The molecule has 40 heavy (non-hydrogen) atoms. The van der Waals surface area contributed by atoms with E-state index >= 15 is 0 Å². The fourth-order valence-electron chi connectivity index (χ4n) is 4.26. The Morgan fingerprint density at radius 2 is 1.75 bits per heavy atom. The largest absolute Gasteiger partial charge is 0.325 e. The summed E-state index contributed by atoms with van der Waals surface area (Å²) in [4.78, 5) is 35.3. The van der Waals surface area contributed by atoms with Crippen LogP contribution in [-0.2, 0) is 4.79 Å². The first kappa shape index (κ1) is 25.8. The molecule has 0 saturated carbocycles. The van der Waals surface area contributed by atoms with E-state index in [1.807, 2.05) is 31.2 Å². The number of nitrogens with one attached hydrogen (secondary N) is 1. The number of hydrogen-bond donors (Lipinski definition) is 1. The Balaban J connectivity index is 1.22. The van der Waals surface area contributed by atoms with Crippen LogP contribution in [0.15, 0.2) is 94.9 Å². The molecule has 0 bridgehead atoms. The summed E-state index contributed by atoms with van der Waals surface area (Å²) in [6, 6.07) is 23.2. The molecular formula is C30H20F2N4O2S2. The van der Waals surface area contributed by atoms with Gasteiger partial charge in [-0.05, 0) is 73.2 Å². The quantitative estimate of drug-likeness (QED) is 0.173. The fraction of sp³-hybridized carbons (Fsp3) is 0.0667. The maximum Gasteiger partial charge on any atom is 0.266 e. The number of rotatable bonds is 6. The molecule has 1 N–H and O–H groups in total. The van der Waals surface area contributed by atoms with Crippen LogP contribution in [0, 0.1) is 18.6 Å². The van der Waals surface area contributed by atoms with Gasteiger partial charge in [-0.3, -0.25) is 14.2 Å². The van der Waals surface area contributed by atoms with Gasteiger partial charge in [0.15, 0.2) is 5.16 Å². The van der Waals surface area contributed by atoms with Gasteiger partial charge in [-0.1, -0.05) is 30.0 Å². The first-order valence-electron chi connectivity index (χ1n) is 12.2. The number of thiazole rings is 1. The zero-order chi connectivity index (χ0) is 27.8. The third kappa shape index (κ3) is 5.11. The van der Waals surface area contributed by atoms with Crippen molar-refractivity contribution in [2.75, 3.05) is 11.1 Å². The van der Waals surface area contributed by atoms with Crippen molar-refractivity contribution < 1.29 is 13.6 Å². The fourth-order valence-corrected chi connectivity index (χ4v) is 6.14. The number of halogens is 2. The van der Waals surface area contributed by atoms with Crippen molar-refractivity contribution in [1.29, 1.82) is 0 Å². The Morgan fingerprint density at radius 1 is 0.950 bits per heavy atom. The SMILES string of the molecule is Cc1ccc2nc(-c3ccc(NC(=O)CSc4nc5ccccc5c(=O)n4-c4ccc(F)cc4F)cc3)sc2c1. The van der Waals surface area contributed by atoms with E-state index in [9.17, 15) is 18.4 Å². The second-order valence-corrected chi connectivity index (χ2v) is 11.0. The van der Waals surface area contributed by atoms with E-state index in [1.54, 1.807) is 47.7 Å². The summed E-state index contributed by atoms with van der Waals surface area (Å²) >= 11 is 2.59. The number of carbonyl (C=O) groups excluding carboxylic acids is 1. The number of thioether (sulfide) groups is 1. The Hall–Kier alpha value is -4.41. The molecule has 0 saturated heterocycles. The molecule has 0 aliphatic rings. The van der Waals surface area contributed by atoms with Crippen LogP contribution < -0.4 is 10.9 Å². The maximum atomic E-state index is 14.7. The molecule has 0 atom stereocenters. The van der Waals surface area contributed by atoms with Crippen molar-refractivity contribution in [3.63, 3.8) is 0 Å². The molecule has 0 radical (unpaired) electrons.